The number of halogens is 1. The molecule has 1 unspecified atom stereocenters. The number of fused-ring (bicyclic) bond motifs is 1. The van der Waals surface area contributed by atoms with Gasteiger partial charge >= 0.3 is 5.97 Å². The second-order valence-corrected chi connectivity index (χ2v) is 3.23. The Morgan fingerprint density at radius 2 is 2.31 bits per heavy atom. The maximum absolute atomic E-state index is 11.3. The number of esters is 1. The van der Waals surface area contributed by atoms with E-state index < -0.39 is 0 Å². The average Bonchev–Trinajstić information content (AvgIpc) is 2.43. The van der Waals surface area contributed by atoms with Crippen LogP contribution in [0.3, 0.4) is 0 Å². The van der Waals surface area contributed by atoms with Gasteiger partial charge in [-0.25, -0.2) is 4.79 Å². The molecule has 2 rings (SSSR count). The van der Waals surface area contributed by atoms with Gasteiger partial charge in [-0.15, -0.1) is 0 Å². The van der Waals surface area contributed by atoms with Crippen LogP contribution in [0.5, 0.6) is 0 Å². The molecule has 0 saturated heterocycles. The summed E-state index contributed by atoms with van der Waals surface area (Å²) in [5.41, 5.74) is 1.38. The molecule has 0 aliphatic carbocycles. The van der Waals surface area contributed by atoms with Crippen LogP contribution in [0.1, 0.15) is 22.0 Å². The van der Waals surface area contributed by atoms with E-state index in [1.807, 2.05) is 0 Å². The first kappa shape index (κ1) is 8.32. The van der Waals surface area contributed by atoms with Crippen LogP contribution in [0, 0.1) is 0 Å². The molecule has 13 heavy (non-hydrogen) atoms. The third-order valence-electron chi connectivity index (χ3n) is 1.99. The number of rotatable bonds is 1. The Balaban J connectivity index is 2.58. The molecule has 0 spiro atoms. The third-order valence-corrected chi connectivity index (χ3v) is 2.22. The number of cyclic esters (lactones) is 1. The molecule has 1 aliphatic rings. The summed E-state index contributed by atoms with van der Waals surface area (Å²) < 4.78 is 5.02. The van der Waals surface area contributed by atoms with Crippen molar-refractivity contribution in [2.24, 2.45) is 0 Å². The van der Waals surface area contributed by atoms with Crippen molar-refractivity contribution in [3.63, 3.8) is 0 Å². The highest BCUT2D eigenvalue weighted by molar-refractivity contribution is 6.31. The second kappa shape index (κ2) is 2.89. The molecule has 2 nitrogen and oxygen atoms in total. The number of hydrogen-bond donors (Lipinski definition) is 0. The minimum atomic E-state index is -0.331. The van der Waals surface area contributed by atoms with E-state index in [1.165, 1.54) is 0 Å². The van der Waals surface area contributed by atoms with Crippen molar-refractivity contribution in [1.82, 2.24) is 0 Å². The van der Waals surface area contributed by atoms with Gasteiger partial charge in [-0.1, -0.05) is 24.2 Å². The highest BCUT2D eigenvalue weighted by atomic mass is 35.5. The Morgan fingerprint density at radius 3 is 3.00 bits per heavy atom. The quantitative estimate of drug-likeness (QED) is 0.508. The summed E-state index contributed by atoms with van der Waals surface area (Å²) in [6, 6.07) is 5.14. The zero-order valence-corrected chi connectivity index (χ0v) is 7.54. The summed E-state index contributed by atoms with van der Waals surface area (Å²) in [5.74, 6) is -0.331. The first-order chi connectivity index (χ1) is 6.22. The molecule has 1 atom stereocenters. The molecular formula is C10H7ClO2. The summed E-state index contributed by atoms with van der Waals surface area (Å²) in [7, 11) is 0. The lowest BCUT2D eigenvalue weighted by molar-refractivity contribution is 0.0468. The topological polar surface area (TPSA) is 26.3 Å². The molecule has 0 N–H and O–H groups in total. The van der Waals surface area contributed by atoms with Gasteiger partial charge in [0.1, 0.15) is 6.10 Å². The third kappa shape index (κ3) is 1.23. The summed E-state index contributed by atoms with van der Waals surface area (Å²) >= 11 is 5.75. The van der Waals surface area contributed by atoms with E-state index in [1.54, 1.807) is 24.3 Å². The number of carbonyl (C=O) groups is 1. The highest BCUT2D eigenvalue weighted by Crippen LogP contribution is 2.32. The molecule has 0 bridgehead atoms. The van der Waals surface area contributed by atoms with Crippen LogP contribution in [0.25, 0.3) is 0 Å². The molecular weight excluding hydrogens is 188 g/mol. The summed E-state index contributed by atoms with van der Waals surface area (Å²) in [5, 5.41) is 0.542. The fourth-order valence-electron chi connectivity index (χ4n) is 1.37. The van der Waals surface area contributed by atoms with E-state index in [4.69, 9.17) is 16.3 Å². The molecule has 1 heterocycles. The first-order valence-corrected chi connectivity index (χ1v) is 4.23. The van der Waals surface area contributed by atoms with E-state index >= 15 is 0 Å². The molecule has 66 valence electrons. The van der Waals surface area contributed by atoms with Crippen molar-refractivity contribution in [2.75, 3.05) is 0 Å². The Hall–Kier alpha value is -1.28. The van der Waals surface area contributed by atoms with Gasteiger partial charge in [0.15, 0.2) is 0 Å². The van der Waals surface area contributed by atoms with Gasteiger partial charge in [0.05, 0.1) is 5.56 Å². The Labute approximate surface area is 80.8 Å². The predicted octanol–water partition coefficient (Wildman–Crippen LogP) is 2.74. The van der Waals surface area contributed by atoms with Crippen LogP contribution in [-0.2, 0) is 4.74 Å². The van der Waals surface area contributed by atoms with Crippen molar-refractivity contribution in [3.05, 3.63) is 47.0 Å². The molecule has 0 radical (unpaired) electrons. The predicted molar refractivity (Wildman–Crippen MR) is 49.8 cm³/mol. The van der Waals surface area contributed by atoms with Crippen molar-refractivity contribution in [1.29, 1.82) is 0 Å². The van der Waals surface area contributed by atoms with Gasteiger partial charge in [-0.3, -0.25) is 0 Å². The van der Waals surface area contributed by atoms with Gasteiger partial charge in [0.2, 0.25) is 0 Å². The van der Waals surface area contributed by atoms with E-state index in [9.17, 15) is 4.79 Å². The van der Waals surface area contributed by atoms with Gasteiger partial charge in [-0.2, -0.15) is 0 Å². The monoisotopic (exact) mass is 194 g/mol. The second-order valence-electron chi connectivity index (χ2n) is 2.79. The van der Waals surface area contributed by atoms with E-state index in [2.05, 4.69) is 6.58 Å². The van der Waals surface area contributed by atoms with Crippen LogP contribution in [0.4, 0.5) is 0 Å². The largest absolute Gasteiger partial charge is 0.450 e. The average molecular weight is 195 g/mol. The number of hydrogen-bond acceptors (Lipinski definition) is 2. The highest BCUT2D eigenvalue weighted by Gasteiger charge is 2.28. The molecule has 0 fully saturated rings. The number of ether oxygens (including phenoxy) is 1. The molecule has 1 aromatic carbocycles. The van der Waals surface area contributed by atoms with Gasteiger partial charge in [0, 0.05) is 10.6 Å². The smallest absolute Gasteiger partial charge is 0.339 e. The van der Waals surface area contributed by atoms with Crippen molar-refractivity contribution >= 4 is 17.6 Å². The zero-order chi connectivity index (χ0) is 9.42. The summed E-state index contributed by atoms with van der Waals surface area (Å²) in [4.78, 5) is 11.3. The van der Waals surface area contributed by atoms with E-state index in [-0.39, 0.29) is 12.1 Å². The van der Waals surface area contributed by atoms with Crippen LogP contribution in [0.15, 0.2) is 30.9 Å². The number of benzene rings is 1. The molecule has 0 amide bonds. The molecule has 0 saturated carbocycles. The van der Waals surface area contributed by atoms with Crippen molar-refractivity contribution in [2.45, 2.75) is 6.10 Å². The summed E-state index contributed by atoms with van der Waals surface area (Å²) in [6.07, 6.45) is 1.28. The van der Waals surface area contributed by atoms with Crippen LogP contribution < -0.4 is 0 Å². The first-order valence-electron chi connectivity index (χ1n) is 3.85. The van der Waals surface area contributed by atoms with Gasteiger partial charge in [0.25, 0.3) is 0 Å². The molecule has 0 aromatic heterocycles. The van der Waals surface area contributed by atoms with Crippen LogP contribution in [0.2, 0.25) is 5.02 Å². The lowest BCUT2D eigenvalue weighted by atomic mass is 10.1. The zero-order valence-electron chi connectivity index (χ0n) is 6.79. The standard InChI is InChI=1S/C10H7ClO2/c1-2-9-7-4-3-6(11)5-8(7)10(12)13-9/h2-5,9H,1H2. The minimum Gasteiger partial charge on any atom is -0.450 e. The van der Waals surface area contributed by atoms with Crippen LogP contribution >= 0.6 is 11.6 Å². The summed E-state index contributed by atoms with van der Waals surface area (Å²) in [6.45, 7) is 3.59. The number of carbonyl (C=O) groups excluding carboxylic acids is 1. The Bertz CT molecular complexity index is 385. The Morgan fingerprint density at radius 1 is 1.54 bits per heavy atom. The molecule has 3 heteroatoms. The SMILES string of the molecule is C=CC1OC(=O)c2cc(Cl)ccc21. The van der Waals surface area contributed by atoms with Crippen molar-refractivity contribution in [3.8, 4) is 0 Å². The fraction of sp³-hybridized carbons (Fsp3) is 0.100. The van der Waals surface area contributed by atoms with Gasteiger partial charge in [-0.05, 0) is 18.2 Å². The minimum absolute atomic E-state index is 0.320. The van der Waals surface area contributed by atoms with Crippen LogP contribution in [-0.4, -0.2) is 5.97 Å². The lowest BCUT2D eigenvalue weighted by Gasteiger charge is -2.02. The van der Waals surface area contributed by atoms with E-state index in [0.717, 1.165) is 5.56 Å². The normalized spacial score (nSPS) is 19.5. The van der Waals surface area contributed by atoms with Gasteiger partial charge < -0.3 is 4.74 Å². The van der Waals surface area contributed by atoms with Crippen molar-refractivity contribution < 1.29 is 9.53 Å². The molecule has 1 aromatic rings. The fourth-order valence-corrected chi connectivity index (χ4v) is 1.54. The van der Waals surface area contributed by atoms with E-state index in [0.29, 0.717) is 10.6 Å². The lowest BCUT2D eigenvalue weighted by Crippen LogP contribution is -1.94. The maximum Gasteiger partial charge on any atom is 0.339 e. The Kier molecular flexibility index (Phi) is 1.85. The molecule has 1 aliphatic heterocycles. The maximum atomic E-state index is 11.3.